The van der Waals surface area contributed by atoms with Gasteiger partial charge in [-0.3, -0.25) is 9.59 Å². The molecule has 1 aromatic rings. The van der Waals surface area contributed by atoms with Crippen LogP contribution in [0.1, 0.15) is 37.4 Å². The molecule has 10 nitrogen and oxygen atoms in total. The van der Waals surface area contributed by atoms with E-state index in [0.717, 1.165) is 4.91 Å². The third-order valence-electron chi connectivity index (χ3n) is 7.31. The van der Waals surface area contributed by atoms with E-state index < -0.39 is 29.9 Å². The third-order valence-corrected chi connectivity index (χ3v) is 8.82. The number of carbonyl (C=O) groups is 3. The number of nitriles is 1. The number of hydrogen-bond acceptors (Lipinski definition) is 10. The van der Waals surface area contributed by atoms with Crippen LogP contribution in [0, 0.1) is 23.2 Å². The predicted octanol–water partition coefficient (Wildman–Crippen LogP) is 2.03. The van der Waals surface area contributed by atoms with Gasteiger partial charge < -0.3 is 24.8 Å². The lowest BCUT2D eigenvalue weighted by atomic mass is 9.79. The Kier molecular flexibility index (Phi) is 8.90. The number of hydrogen-bond donors (Lipinski definition) is 2. The molecule has 2 saturated heterocycles. The van der Waals surface area contributed by atoms with Crippen LogP contribution in [0.3, 0.4) is 0 Å². The smallest absolute Gasteiger partial charge is 0.356 e. The second-order valence-corrected chi connectivity index (χ2v) is 11.2. The van der Waals surface area contributed by atoms with Gasteiger partial charge in [-0.05, 0) is 31.0 Å². The minimum Gasteiger partial charge on any atom is -0.461 e. The van der Waals surface area contributed by atoms with Gasteiger partial charge in [0.2, 0.25) is 5.91 Å². The summed E-state index contributed by atoms with van der Waals surface area (Å²) in [7, 11) is 0. The quantitative estimate of drug-likeness (QED) is 0.238. The molecule has 0 aromatic carbocycles. The van der Waals surface area contributed by atoms with Crippen LogP contribution in [0.5, 0.6) is 0 Å². The van der Waals surface area contributed by atoms with Crippen molar-refractivity contribution in [1.82, 2.24) is 15.2 Å². The summed E-state index contributed by atoms with van der Waals surface area (Å²) >= 11 is 1.49. The number of carbonyl (C=O) groups excluding carboxylic acids is 3. The summed E-state index contributed by atoms with van der Waals surface area (Å²) in [5.41, 5.74) is 1.04. The highest BCUT2D eigenvalue weighted by Crippen LogP contribution is 2.52. The number of β-lactam (4-membered cyclic amide) rings is 1. The number of pyridine rings is 1. The molecule has 2 fully saturated rings. The van der Waals surface area contributed by atoms with Crippen molar-refractivity contribution in [2.45, 2.75) is 49.6 Å². The number of esters is 2. The van der Waals surface area contributed by atoms with Gasteiger partial charge in [-0.2, -0.15) is 5.26 Å². The fourth-order valence-corrected chi connectivity index (χ4v) is 7.08. The zero-order chi connectivity index (χ0) is 28.3. The van der Waals surface area contributed by atoms with E-state index in [2.05, 4.69) is 23.5 Å². The van der Waals surface area contributed by atoms with Gasteiger partial charge in [-0.25, -0.2) is 9.78 Å². The number of thioether (sulfide) groups is 1. The Balaban J connectivity index is 1.58. The number of nitrogens with one attached hydrogen (secondary N) is 1. The predicted molar refractivity (Wildman–Crippen MR) is 144 cm³/mol. The summed E-state index contributed by atoms with van der Waals surface area (Å²) < 4.78 is 10.7. The second-order valence-electron chi connectivity index (χ2n) is 9.83. The average molecular weight is 553 g/mol. The molecule has 4 rings (SSSR count). The van der Waals surface area contributed by atoms with E-state index in [1.165, 1.54) is 35.0 Å². The van der Waals surface area contributed by atoms with Crippen molar-refractivity contribution in [2.75, 3.05) is 19.8 Å². The lowest BCUT2D eigenvalue weighted by Crippen LogP contribution is -2.63. The summed E-state index contributed by atoms with van der Waals surface area (Å²) in [6, 6.07) is 4.67. The van der Waals surface area contributed by atoms with Crippen molar-refractivity contribution in [1.29, 1.82) is 5.26 Å². The first-order valence-electron chi connectivity index (χ1n) is 12.8. The number of amides is 1. The molecule has 1 aromatic heterocycles. The van der Waals surface area contributed by atoms with Crippen LogP contribution >= 0.6 is 11.8 Å². The van der Waals surface area contributed by atoms with Gasteiger partial charge >= 0.3 is 11.9 Å². The van der Waals surface area contributed by atoms with Crippen molar-refractivity contribution < 1.29 is 29.0 Å². The summed E-state index contributed by atoms with van der Waals surface area (Å²) in [4.78, 5) is 45.3. The summed E-state index contributed by atoms with van der Waals surface area (Å²) in [6.45, 7) is 11.3. The molecule has 3 aliphatic heterocycles. The van der Waals surface area contributed by atoms with E-state index in [1.54, 1.807) is 19.1 Å². The summed E-state index contributed by atoms with van der Waals surface area (Å²) in [5.74, 6) is -2.77. The number of aromatic nitrogens is 1. The third kappa shape index (κ3) is 5.50. The lowest BCUT2D eigenvalue weighted by Gasteiger charge is -2.46. The van der Waals surface area contributed by atoms with E-state index in [0.29, 0.717) is 18.5 Å². The molecule has 0 saturated carbocycles. The standard InChI is InChI=1S/C28H32N4O6S/c1-5-9-37-27(35)22(17-7-8-30-18(11-17)13-29)20-12-19(14-31-20)39-25-15(3)23-21(16(4)33)26(34)32(23)24(25)28(36)38-10-6-2/h5-8,11,15-16,19-23,31,33H,1-2,9-10,12,14H2,3-4H3/t15-,16-,19?,20?,21-,22?,23-/m1/s1. The number of aliphatic hydroxyl groups is 1. The van der Waals surface area contributed by atoms with Gasteiger partial charge in [0.1, 0.15) is 30.7 Å². The number of fused-ring (bicyclic) bond motifs is 1. The first-order valence-corrected chi connectivity index (χ1v) is 13.7. The highest BCUT2D eigenvalue weighted by atomic mass is 32.2. The van der Waals surface area contributed by atoms with Crippen LogP contribution in [-0.2, 0) is 23.9 Å². The van der Waals surface area contributed by atoms with Crippen molar-refractivity contribution >= 4 is 29.6 Å². The SMILES string of the molecule is C=CCOC(=O)C1=C(SC2CNC(C(C(=O)OCC=C)c3ccnc(C#N)c3)C2)[C@H](C)[C@@H]2[C@@H]([C@@H](C)O)C(=O)N12. The van der Waals surface area contributed by atoms with Crippen molar-refractivity contribution in [2.24, 2.45) is 11.8 Å². The van der Waals surface area contributed by atoms with E-state index in [9.17, 15) is 24.8 Å². The molecule has 0 spiro atoms. The number of nitrogens with zero attached hydrogens (tertiary/aromatic N) is 3. The van der Waals surface area contributed by atoms with Gasteiger partial charge in [0.15, 0.2) is 0 Å². The Bertz CT molecular complexity index is 1240. The molecule has 7 atom stereocenters. The normalized spacial score (nSPS) is 27.2. The van der Waals surface area contributed by atoms with Crippen LogP contribution in [-0.4, -0.2) is 76.0 Å². The van der Waals surface area contributed by atoms with E-state index >= 15 is 0 Å². The molecule has 11 heteroatoms. The average Bonchev–Trinajstić information content (AvgIpc) is 3.47. The van der Waals surface area contributed by atoms with E-state index in [-0.39, 0.29) is 53.8 Å². The molecule has 0 bridgehead atoms. The van der Waals surface area contributed by atoms with Gasteiger partial charge in [0.05, 0.1) is 24.0 Å². The molecular weight excluding hydrogens is 520 g/mol. The maximum absolute atomic E-state index is 13.1. The second kappa shape index (κ2) is 12.2. The Labute approximate surface area is 231 Å². The molecular formula is C28H32N4O6S. The monoisotopic (exact) mass is 552 g/mol. The summed E-state index contributed by atoms with van der Waals surface area (Å²) in [5, 5.41) is 22.9. The molecule has 2 N–H and O–H groups in total. The van der Waals surface area contributed by atoms with E-state index in [4.69, 9.17) is 9.47 Å². The van der Waals surface area contributed by atoms with Crippen LogP contribution in [0.2, 0.25) is 0 Å². The largest absolute Gasteiger partial charge is 0.461 e. The highest BCUT2D eigenvalue weighted by molar-refractivity contribution is 8.03. The van der Waals surface area contributed by atoms with Crippen molar-refractivity contribution in [3.05, 3.63) is 65.5 Å². The Morgan fingerprint density at radius 3 is 2.74 bits per heavy atom. The molecule has 0 aliphatic carbocycles. The van der Waals surface area contributed by atoms with Gasteiger partial charge in [0.25, 0.3) is 0 Å². The fourth-order valence-electron chi connectivity index (χ4n) is 5.59. The van der Waals surface area contributed by atoms with Crippen LogP contribution in [0.25, 0.3) is 0 Å². The Morgan fingerprint density at radius 1 is 1.36 bits per heavy atom. The summed E-state index contributed by atoms with van der Waals surface area (Å²) in [6.07, 6.45) is 4.18. The van der Waals surface area contributed by atoms with Gasteiger partial charge in [-0.1, -0.05) is 32.2 Å². The maximum atomic E-state index is 13.1. The van der Waals surface area contributed by atoms with Crippen LogP contribution in [0.15, 0.2) is 54.2 Å². The fraction of sp³-hybridized carbons (Fsp3) is 0.464. The number of ether oxygens (including phenoxy) is 2. The topological polar surface area (TPSA) is 142 Å². The van der Waals surface area contributed by atoms with Crippen molar-refractivity contribution in [3.63, 3.8) is 0 Å². The number of aliphatic hydroxyl groups excluding tert-OH is 1. The molecule has 4 heterocycles. The minimum absolute atomic E-state index is 0.0133. The number of rotatable bonds is 11. The Hall–Kier alpha value is -3.46. The van der Waals surface area contributed by atoms with Crippen LogP contribution < -0.4 is 5.32 Å². The van der Waals surface area contributed by atoms with Gasteiger partial charge in [0, 0.05) is 34.9 Å². The van der Waals surface area contributed by atoms with Crippen molar-refractivity contribution in [3.8, 4) is 6.07 Å². The molecule has 0 radical (unpaired) electrons. The van der Waals surface area contributed by atoms with Crippen LogP contribution in [0.4, 0.5) is 0 Å². The zero-order valence-corrected chi connectivity index (χ0v) is 22.7. The highest BCUT2D eigenvalue weighted by Gasteiger charge is 2.60. The first kappa shape index (κ1) is 28.5. The van der Waals surface area contributed by atoms with E-state index in [1.807, 2.05) is 13.0 Å². The first-order chi connectivity index (χ1) is 18.7. The zero-order valence-electron chi connectivity index (χ0n) is 21.9. The lowest BCUT2D eigenvalue weighted by molar-refractivity contribution is -0.164. The Morgan fingerprint density at radius 2 is 2.08 bits per heavy atom. The molecule has 3 aliphatic rings. The van der Waals surface area contributed by atoms with Gasteiger partial charge in [-0.15, -0.1) is 11.8 Å². The maximum Gasteiger partial charge on any atom is 0.356 e. The minimum atomic E-state index is -0.838. The molecule has 1 amide bonds. The molecule has 39 heavy (non-hydrogen) atoms. The molecule has 206 valence electrons. The molecule has 3 unspecified atom stereocenters.